The summed E-state index contributed by atoms with van der Waals surface area (Å²) in [6, 6.07) is 18.2. The molecule has 7 nitrogen and oxygen atoms in total. The lowest BCUT2D eigenvalue weighted by molar-refractivity contribution is -0.404. The Bertz CT molecular complexity index is 800. The Morgan fingerprint density at radius 3 is 2.39 bits per heavy atom. The highest BCUT2D eigenvalue weighted by Gasteiger charge is 2.03. The Kier molecular flexibility index (Phi) is 12.8. The van der Waals surface area contributed by atoms with E-state index >= 15 is 0 Å². The Labute approximate surface area is 191 Å². The van der Waals surface area contributed by atoms with Gasteiger partial charge in [0.1, 0.15) is 5.75 Å². The zero-order chi connectivity index (χ0) is 21.6. The maximum atomic E-state index is 10.9. The molecule has 0 fully saturated rings. The minimum Gasteiger partial charge on any atom is -0.494 e. The highest BCUT2D eigenvalue weighted by Crippen LogP contribution is 2.14. The van der Waals surface area contributed by atoms with Crippen molar-refractivity contribution in [1.82, 2.24) is 15.5 Å². The van der Waals surface area contributed by atoms with Crippen LogP contribution >= 0.6 is 12.4 Å². The second-order valence-electron chi connectivity index (χ2n) is 7.36. The van der Waals surface area contributed by atoms with E-state index < -0.39 is 4.92 Å². The van der Waals surface area contributed by atoms with Crippen molar-refractivity contribution in [1.29, 1.82) is 0 Å². The molecule has 0 aliphatic heterocycles. The van der Waals surface area contributed by atoms with Crippen LogP contribution in [0.2, 0.25) is 0 Å². The van der Waals surface area contributed by atoms with E-state index in [0.717, 1.165) is 37.8 Å². The van der Waals surface area contributed by atoms with Gasteiger partial charge in [-0.05, 0) is 56.6 Å². The molecular weight excluding hydrogens is 416 g/mol. The lowest BCUT2D eigenvalue weighted by Crippen LogP contribution is -2.29. The summed E-state index contributed by atoms with van der Waals surface area (Å²) in [6.07, 6.45) is 3.54. The van der Waals surface area contributed by atoms with Gasteiger partial charge in [0.2, 0.25) is 0 Å². The largest absolute Gasteiger partial charge is 0.494 e. The van der Waals surface area contributed by atoms with Crippen molar-refractivity contribution in [2.24, 2.45) is 0 Å². The number of benzene rings is 2. The number of hydrogen-bond acceptors (Lipinski definition) is 6. The molecule has 0 saturated heterocycles. The van der Waals surface area contributed by atoms with Crippen LogP contribution in [0.5, 0.6) is 5.75 Å². The molecule has 0 spiro atoms. The third kappa shape index (κ3) is 11.9. The van der Waals surface area contributed by atoms with Gasteiger partial charge in [-0.15, -0.1) is 12.4 Å². The van der Waals surface area contributed by atoms with Gasteiger partial charge in [-0.3, -0.25) is 10.1 Å². The van der Waals surface area contributed by atoms with Crippen molar-refractivity contribution in [3.63, 3.8) is 0 Å². The molecule has 0 aromatic heterocycles. The number of halogens is 1. The molecule has 2 aromatic rings. The lowest BCUT2D eigenvalue weighted by atomic mass is 10.1. The molecular formula is C23H33ClN4O3. The molecule has 0 bridgehead atoms. The van der Waals surface area contributed by atoms with Crippen LogP contribution in [0.3, 0.4) is 0 Å². The van der Waals surface area contributed by atoms with E-state index in [9.17, 15) is 10.1 Å². The summed E-state index contributed by atoms with van der Waals surface area (Å²) in [5.41, 5.74) is 2.46. The first-order valence-corrected chi connectivity index (χ1v) is 10.3. The maximum absolute atomic E-state index is 10.9. The van der Waals surface area contributed by atoms with Gasteiger partial charge in [-0.25, -0.2) is 0 Å². The molecule has 0 saturated carbocycles. The Morgan fingerprint density at radius 2 is 1.71 bits per heavy atom. The molecule has 0 atom stereocenters. The van der Waals surface area contributed by atoms with E-state index in [1.165, 1.54) is 11.1 Å². The van der Waals surface area contributed by atoms with Crippen LogP contribution in [0.4, 0.5) is 0 Å². The summed E-state index contributed by atoms with van der Waals surface area (Å²) in [5.74, 6) is 1.27. The van der Waals surface area contributed by atoms with Crippen LogP contribution in [0.15, 0.2) is 66.6 Å². The van der Waals surface area contributed by atoms with E-state index in [1.807, 2.05) is 50.5 Å². The standard InChI is InChI=1S/C23H32N4O3.ClH/c1-26(2)18-21-11-6-13-22(17-21)30-16-8-15-25-23(19-27(28)29)24-14-7-12-20-9-4-3-5-10-20;/h3-6,9-11,13,17,19,24-25H,7-8,12,14-16,18H2,1-2H3;1H. The molecule has 0 amide bonds. The third-order valence-corrected chi connectivity index (χ3v) is 4.34. The van der Waals surface area contributed by atoms with Crippen LogP contribution < -0.4 is 15.4 Å². The highest BCUT2D eigenvalue weighted by molar-refractivity contribution is 5.85. The van der Waals surface area contributed by atoms with Crippen molar-refractivity contribution in [3.05, 3.63) is 87.9 Å². The van der Waals surface area contributed by atoms with Gasteiger partial charge in [-0.2, -0.15) is 0 Å². The molecule has 2 N–H and O–H groups in total. The van der Waals surface area contributed by atoms with Crippen LogP contribution in [0.1, 0.15) is 24.0 Å². The van der Waals surface area contributed by atoms with Gasteiger partial charge in [0.25, 0.3) is 6.20 Å². The minimum absolute atomic E-state index is 0. The molecule has 0 aliphatic carbocycles. The molecule has 31 heavy (non-hydrogen) atoms. The number of nitro groups is 1. The van der Waals surface area contributed by atoms with E-state index in [0.29, 0.717) is 25.5 Å². The predicted molar refractivity (Wildman–Crippen MR) is 127 cm³/mol. The SMILES string of the molecule is CN(C)Cc1cccc(OCCCNC(=C[N+](=O)[O-])NCCCc2ccccc2)c1.Cl. The third-order valence-electron chi connectivity index (χ3n) is 4.34. The van der Waals surface area contributed by atoms with Gasteiger partial charge < -0.3 is 20.3 Å². The molecule has 2 rings (SSSR count). The van der Waals surface area contributed by atoms with Crippen LogP contribution in [-0.4, -0.2) is 43.6 Å². The van der Waals surface area contributed by atoms with Crippen LogP contribution in [0, 0.1) is 10.1 Å². The van der Waals surface area contributed by atoms with Crippen molar-refractivity contribution in [2.45, 2.75) is 25.8 Å². The summed E-state index contributed by atoms with van der Waals surface area (Å²) in [6.45, 7) is 2.65. The van der Waals surface area contributed by atoms with E-state index in [2.05, 4.69) is 33.7 Å². The fourth-order valence-corrected chi connectivity index (χ4v) is 3.00. The quantitative estimate of drug-likeness (QED) is 0.260. The predicted octanol–water partition coefficient (Wildman–Crippen LogP) is 3.83. The zero-order valence-corrected chi connectivity index (χ0v) is 19.1. The zero-order valence-electron chi connectivity index (χ0n) is 18.3. The summed E-state index contributed by atoms with van der Waals surface area (Å²) in [4.78, 5) is 12.5. The van der Waals surface area contributed by atoms with Crippen molar-refractivity contribution in [2.75, 3.05) is 33.8 Å². The second-order valence-corrected chi connectivity index (χ2v) is 7.36. The Morgan fingerprint density at radius 1 is 1.03 bits per heavy atom. The summed E-state index contributed by atoms with van der Waals surface area (Å²) < 4.78 is 5.81. The number of aryl methyl sites for hydroxylation is 1. The molecule has 0 aliphatic rings. The van der Waals surface area contributed by atoms with Gasteiger partial charge >= 0.3 is 0 Å². The van der Waals surface area contributed by atoms with Gasteiger partial charge in [0.15, 0.2) is 5.82 Å². The maximum Gasteiger partial charge on any atom is 0.274 e. The molecule has 2 aromatic carbocycles. The highest BCUT2D eigenvalue weighted by atomic mass is 35.5. The lowest BCUT2D eigenvalue weighted by Gasteiger charge is -2.13. The molecule has 0 unspecified atom stereocenters. The Balaban J connectivity index is 0.00000480. The first-order valence-electron chi connectivity index (χ1n) is 10.3. The molecule has 8 heteroatoms. The van der Waals surface area contributed by atoms with E-state index in [1.54, 1.807) is 0 Å². The topological polar surface area (TPSA) is 79.7 Å². The summed E-state index contributed by atoms with van der Waals surface area (Å²) >= 11 is 0. The van der Waals surface area contributed by atoms with E-state index in [4.69, 9.17) is 4.74 Å². The first-order chi connectivity index (χ1) is 14.5. The number of nitrogens with zero attached hydrogens (tertiary/aromatic N) is 2. The van der Waals surface area contributed by atoms with Crippen molar-refractivity contribution >= 4 is 12.4 Å². The minimum atomic E-state index is -0.445. The fourth-order valence-electron chi connectivity index (χ4n) is 3.00. The van der Waals surface area contributed by atoms with Crippen LogP contribution in [-0.2, 0) is 13.0 Å². The number of rotatable bonds is 14. The van der Waals surface area contributed by atoms with Crippen LogP contribution in [0.25, 0.3) is 0 Å². The van der Waals surface area contributed by atoms with Gasteiger partial charge in [0.05, 0.1) is 11.5 Å². The molecule has 0 heterocycles. The van der Waals surface area contributed by atoms with Gasteiger partial charge in [-0.1, -0.05) is 42.5 Å². The first kappa shape index (κ1) is 26.3. The second kappa shape index (κ2) is 15.1. The molecule has 0 radical (unpaired) electrons. The molecule has 170 valence electrons. The van der Waals surface area contributed by atoms with E-state index in [-0.39, 0.29) is 12.4 Å². The fraction of sp³-hybridized carbons (Fsp3) is 0.391. The number of hydrogen-bond donors (Lipinski definition) is 2. The monoisotopic (exact) mass is 448 g/mol. The average molecular weight is 449 g/mol. The van der Waals surface area contributed by atoms with Crippen molar-refractivity contribution in [3.8, 4) is 5.75 Å². The van der Waals surface area contributed by atoms with Crippen molar-refractivity contribution < 1.29 is 9.66 Å². The normalized spacial score (nSPS) is 11.0. The van der Waals surface area contributed by atoms with Gasteiger partial charge in [0, 0.05) is 19.6 Å². The summed E-state index contributed by atoms with van der Waals surface area (Å²) in [5, 5.41) is 17.1. The average Bonchev–Trinajstić information content (AvgIpc) is 2.71. The smallest absolute Gasteiger partial charge is 0.274 e. The number of nitrogens with one attached hydrogen (secondary N) is 2. The summed E-state index contributed by atoms with van der Waals surface area (Å²) in [7, 11) is 4.07. The number of ether oxygens (including phenoxy) is 1. The Hall–Kier alpha value is -2.77.